The number of carbonyl (C=O) groups is 2. The second kappa shape index (κ2) is 9.31. The van der Waals surface area contributed by atoms with E-state index in [1.54, 1.807) is 26.1 Å². The largest absolute Gasteiger partial charge is 0.393 e. The Morgan fingerprint density at radius 2 is 1.90 bits per heavy atom. The van der Waals surface area contributed by atoms with E-state index >= 15 is 0 Å². The first-order valence-electron chi connectivity index (χ1n) is 13.9. The molecule has 39 heavy (non-hydrogen) atoms. The van der Waals surface area contributed by atoms with Crippen LogP contribution in [0.25, 0.3) is 16.9 Å². The summed E-state index contributed by atoms with van der Waals surface area (Å²) in [5, 5.41) is 28.2. The monoisotopic (exact) mass is 532 g/mol. The number of nitrogens with one attached hydrogen (secondary N) is 1. The highest BCUT2D eigenvalue weighted by atomic mass is 16.3. The van der Waals surface area contributed by atoms with Crippen LogP contribution in [0, 0.1) is 5.92 Å². The van der Waals surface area contributed by atoms with E-state index in [0.717, 1.165) is 24.0 Å². The first-order chi connectivity index (χ1) is 18.5. The topological polar surface area (TPSA) is 146 Å². The highest BCUT2D eigenvalue weighted by molar-refractivity contribution is 6.04. The van der Waals surface area contributed by atoms with Crippen LogP contribution in [0.4, 0.5) is 5.82 Å². The molecule has 3 aromatic rings. The van der Waals surface area contributed by atoms with Crippen LogP contribution in [0.15, 0.2) is 24.4 Å². The summed E-state index contributed by atoms with van der Waals surface area (Å²) in [6.07, 6.45) is 6.39. The summed E-state index contributed by atoms with van der Waals surface area (Å²) in [6.45, 7) is 5.98. The van der Waals surface area contributed by atoms with Gasteiger partial charge in [0.05, 0.1) is 23.0 Å². The van der Waals surface area contributed by atoms with Crippen molar-refractivity contribution in [3.8, 4) is 11.3 Å². The van der Waals surface area contributed by atoms with Gasteiger partial charge in [-0.25, -0.2) is 9.50 Å². The molecule has 1 atom stereocenters. The third kappa shape index (κ3) is 4.65. The SMILES string of the molecule is CC(C1CC1)N1Cc2cc(-c3ccn4nc(N)c(C(=O)N[C@H]5CC[C@@H](O)CC5)c4n3)cc(C(C)(C)O)c2C1=O. The maximum absolute atomic E-state index is 13.5. The van der Waals surface area contributed by atoms with Crippen molar-refractivity contribution in [1.82, 2.24) is 24.8 Å². The minimum Gasteiger partial charge on any atom is -0.393 e. The molecule has 2 aliphatic carbocycles. The Morgan fingerprint density at radius 3 is 2.56 bits per heavy atom. The molecule has 3 heterocycles. The molecule has 2 amide bonds. The molecule has 1 aliphatic heterocycles. The Morgan fingerprint density at radius 1 is 1.18 bits per heavy atom. The summed E-state index contributed by atoms with van der Waals surface area (Å²) in [5.74, 6) is 0.256. The molecule has 3 aliphatic rings. The van der Waals surface area contributed by atoms with Gasteiger partial charge >= 0.3 is 0 Å². The van der Waals surface area contributed by atoms with Crippen molar-refractivity contribution < 1.29 is 19.8 Å². The third-order valence-electron chi connectivity index (χ3n) is 8.56. The van der Waals surface area contributed by atoms with E-state index < -0.39 is 5.60 Å². The molecule has 0 bridgehead atoms. The zero-order valence-corrected chi connectivity index (χ0v) is 22.6. The van der Waals surface area contributed by atoms with Crippen molar-refractivity contribution in [2.45, 2.75) is 89.6 Å². The molecule has 10 nitrogen and oxygen atoms in total. The molecule has 2 fully saturated rings. The van der Waals surface area contributed by atoms with Crippen LogP contribution in [0.1, 0.15) is 91.1 Å². The first kappa shape index (κ1) is 25.8. The van der Waals surface area contributed by atoms with Gasteiger partial charge in [0.1, 0.15) is 5.56 Å². The smallest absolute Gasteiger partial charge is 0.259 e. The van der Waals surface area contributed by atoms with Crippen LogP contribution in [0.5, 0.6) is 0 Å². The molecule has 6 rings (SSSR count). The number of nitrogen functional groups attached to an aromatic ring is 1. The van der Waals surface area contributed by atoms with Crippen molar-refractivity contribution in [2.75, 3.05) is 5.73 Å². The van der Waals surface area contributed by atoms with E-state index in [4.69, 9.17) is 10.7 Å². The number of hydrogen-bond donors (Lipinski definition) is 4. The number of aliphatic hydroxyl groups excluding tert-OH is 1. The van der Waals surface area contributed by atoms with Gasteiger partial charge in [-0.2, -0.15) is 0 Å². The summed E-state index contributed by atoms with van der Waals surface area (Å²) < 4.78 is 1.49. The molecular weight excluding hydrogens is 496 g/mol. The van der Waals surface area contributed by atoms with Crippen LogP contribution in [0.2, 0.25) is 0 Å². The minimum atomic E-state index is -1.24. The maximum Gasteiger partial charge on any atom is 0.259 e. The van der Waals surface area contributed by atoms with Crippen LogP contribution in [-0.4, -0.2) is 59.7 Å². The van der Waals surface area contributed by atoms with E-state index in [1.807, 2.05) is 17.0 Å². The van der Waals surface area contributed by atoms with Crippen molar-refractivity contribution in [3.63, 3.8) is 0 Å². The maximum atomic E-state index is 13.5. The number of nitrogens with zero attached hydrogens (tertiary/aromatic N) is 4. The number of aromatic nitrogens is 3. The number of carbonyl (C=O) groups excluding carboxylic acids is 2. The molecule has 1 unspecified atom stereocenters. The highest BCUT2D eigenvalue weighted by Gasteiger charge is 2.41. The quantitative estimate of drug-likeness (QED) is 0.382. The molecule has 0 spiro atoms. The number of anilines is 1. The van der Waals surface area contributed by atoms with Crippen LogP contribution in [0.3, 0.4) is 0 Å². The van der Waals surface area contributed by atoms with Crippen molar-refractivity contribution in [1.29, 1.82) is 0 Å². The second-order valence-corrected chi connectivity index (χ2v) is 11.9. The third-order valence-corrected chi connectivity index (χ3v) is 8.56. The fourth-order valence-corrected chi connectivity index (χ4v) is 6.07. The number of hydrogen-bond acceptors (Lipinski definition) is 7. The van der Waals surface area contributed by atoms with Crippen molar-refractivity contribution in [2.24, 2.45) is 5.92 Å². The van der Waals surface area contributed by atoms with Crippen LogP contribution >= 0.6 is 0 Å². The molecule has 206 valence electrons. The summed E-state index contributed by atoms with van der Waals surface area (Å²) in [7, 11) is 0. The number of rotatable bonds is 6. The minimum absolute atomic E-state index is 0.0331. The summed E-state index contributed by atoms with van der Waals surface area (Å²) in [4.78, 5) is 33.4. The highest BCUT2D eigenvalue weighted by Crippen LogP contribution is 2.41. The predicted molar refractivity (Wildman–Crippen MR) is 146 cm³/mol. The second-order valence-electron chi connectivity index (χ2n) is 11.9. The fraction of sp³-hybridized carbons (Fsp3) is 0.517. The number of benzene rings is 1. The van der Waals surface area contributed by atoms with E-state index in [9.17, 15) is 19.8 Å². The zero-order valence-electron chi connectivity index (χ0n) is 22.6. The lowest BCUT2D eigenvalue weighted by atomic mass is 9.88. The van der Waals surface area contributed by atoms with Crippen LogP contribution in [-0.2, 0) is 12.1 Å². The van der Waals surface area contributed by atoms with Gasteiger partial charge in [0.25, 0.3) is 11.8 Å². The molecule has 0 saturated heterocycles. The standard InChI is InChI=1S/C29H36N6O4/c1-15(16-4-5-16)34-14-18-12-17(13-21(29(2,3)39)23(18)28(34)38)22-10-11-35-26(32-22)24(25(30)33-35)27(37)31-19-6-8-20(36)9-7-19/h10-13,15-16,19-20,36,39H,4-9,14H2,1-3H3,(H2,30,33)(H,31,37)/t15?,19-,20+. The Kier molecular flexibility index (Phi) is 6.15. The number of fused-ring (bicyclic) bond motifs is 2. The van der Waals surface area contributed by atoms with Gasteiger partial charge in [-0.05, 0) is 94.5 Å². The van der Waals surface area contributed by atoms with Gasteiger partial charge in [-0.1, -0.05) is 0 Å². The molecule has 1 aromatic carbocycles. The summed E-state index contributed by atoms with van der Waals surface area (Å²) >= 11 is 0. The summed E-state index contributed by atoms with van der Waals surface area (Å²) in [5.41, 5.74) is 8.82. The Balaban J connectivity index is 1.37. The lowest BCUT2D eigenvalue weighted by Crippen LogP contribution is -2.38. The average molecular weight is 533 g/mol. The predicted octanol–water partition coefficient (Wildman–Crippen LogP) is 2.99. The van der Waals surface area contributed by atoms with Crippen molar-refractivity contribution >= 4 is 23.3 Å². The first-order valence-corrected chi connectivity index (χ1v) is 13.9. The Labute approximate surface area is 227 Å². The number of amides is 2. The molecule has 2 saturated carbocycles. The molecule has 5 N–H and O–H groups in total. The van der Waals surface area contributed by atoms with E-state index in [1.165, 1.54) is 4.52 Å². The molecule has 10 heteroatoms. The van der Waals surface area contributed by atoms with Gasteiger partial charge in [0, 0.05) is 30.4 Å². The summed E-state index contributed by atoms with van der Waals surface area (Å²) in [6, 6.07) is 5.70. The van der Waals surface area contributed by atoms with Gasteiger partial charge in [0.15, 0.2) is 11.5 Å². The Hall–Kier alpha value is -3.50. The lowest BCUT2D eigenvalue weighted by molar-refractivity contribution is 0.0648. The number of aliphatic hydroxyl groups is 2. The van der Waals surface area contributed by atoms with Gasteiger partial charge in [-0.15, -0.1) is 5.10 Å². The van der Waals surface area contributed by atoms with Gasteiger partial charge in [-0.3, -0.25) is 9.59 Å². The lowest BCUT2D eigenvalue weighted by Gasteiger charge is -2.26. The number of nitrogens with two attached hydrogens (primary N) is 1. The average Bonchev–Trinajstić information content (AvgIpc) is 3.61. The normalized spacial score (nSPS) is 22.3. The van der Waals surface area contributed by atoms with Crippen molar-refractivity contribution in [3.05, 3.63) is 46.6 Å². The fourth-order valence-electron chi connectivity index (χ4n) is 6.07. The molecule has 0 radical (unpaired) electrons. The van der Waals surface area contributed by atoms with E-state index in [-0.39, 0.29) is 41.4 Å². The molecular formula is C29H36N6O4. The van der Waals surface area contributed by atoms with E-state index in [2.05, 4.69) is 17.3 Å². The molecule has 2 aromatic heterocycles. The van der Waals surface area contributed by atoms with Gasteiger partial charge < -0.3 is 26.2 Å². The van der Waals surface area contributed by atoms with Gasteiger partial charge in [0.2, 0.25) is 0 Å². The van der Waals surface area contributed by atoms with E-state index in [0.29, 0.717) is 60.6 Å². The zero-order chi connectivity index (χ0) is 27.6. The Bertz CT molecular complexity index is 1460. The van der Waals surface area contributed by atoms with Crippen LogP contribution < -0.4 is 11.1 Å².